The maximum absolute atomic E-state index is 11.9. The SMILES string of the molecule is COc1ccc(NC(=O)CCNc2ccccc2C)cc1Cl. The summed E-state index contributed by atoms with van der Waals surface area (Å²) in [4.78, 5) is 11.9. The maximum atomic E-state index is 11.9. The molecule has 0 saturated heterocycles. The molecule has 0 heterocycles. The summed E-state index contributed by atoms with van der Waals surface area (Å²) in [6.45, 7) is 2.60. The van der Waals surface area contributed by atoms with Gasteiger partial charge < -0.3 is 15.4 Å². The number of hydrogen-bond donors (Lipinski definition) is 2. The van der Waals surface area contributed by atoms with Crippen LogP contribution in [0.15, 0.2) is 42.5 Å². The largest absolute Gasteiger partial charge is 0.495 e. The molecule has 0 atom stereocenters. The van der Waals surface area contributed by atoms with Crippen LogP contribution in [0.4, 0.5) is 11.4 Å². The highest BCUT2D eigenvalue weighted by Crippen LogP contribution is 2.27. The highest BCUT2D eigenvalue weighted by molar-refractivity contribution is 6.32. The van der Waals surface area contributed by atoms with Crippen molar-refractivity contribution in [3.8, 4) is 5.75 Å². The predicted octanol–water partition coefficient (Wildman–Crippen LogP) is 4.10. The molecule has 116 valence electrons. The number of aryl methyl sites for hydroxylation is 1. The molecule has 0 aliphatic rings. The van der Waals surface area contributed by atoms with Gasteiger partial charge in [0.1, 0.15) is 5.75 Å². The number of hydrogen-bond acceptors (Lipinski definition) is 3. The zero-order chi connectivity index (χ0) is 15.9. The first-order valence-corrected chi connectivity index (χ1v) is 7.41. The molecule has 2 N–H and O–H groups in total. The Morgan fingerprint density at radius 1 is 1.23 bits per heavy atom. The zero-order valence-electron chi connectivity index (χ0n) is 12.7. The summed E-state index contributed by atoms with van der Waals surface area (Å²) in [7, 11) is 1.55. The number of benzene rings is 2. The molecule has 0 aromatic heterocycles. The minimum Gasteiger partial charge on any atom is -0.495 e. The van der Waals surface area contributed by atoms with Crippen molar-refractivity contribution >= 4 is 28.9 Å². The highest BCUT2D eigenvalue weighted by Gasteiger charge is 2.06. The van der Waals surface area contributed by atoms with Gasteiger partial charge in [-0.15, -0.1) is 0 Å². The van der Waals surface area contributed by atoms with E-state index in [1.54, 1.807) is 25.3 Å². The number of halogens is 1. The molecule has 0 fully saturated rings. The summed E-state index contributed by atoms with van der Waals surface area (Å²) in [5, 5.41) is 6.54. The average Bonchev–Trinajstić information content (AvgIpc) is 2.49. The van der Waals surface area contributed by atoms with Crippen molar-refractivity contribution < 1.29 is 9.53 Å². The summed E-state index contributed by atoms with van der Waals surface area (Å²) in [5.74, 6) is 0.517. The number of carbonyl (C=O) groups excluding carboxylic acids is 1. The van der Waals surface area contributed by atoms with Crippen LogP contribution in [0.25, 0.3) is 0 Å². The van der Waals surface area contributed by atoms with Gasteiger partial charge in [-0.1, -0.05) is 29.8 Å². The summed E-state index contributed by atoms with van der Waals surface area (Å²) >= 11 is 6.03. The standard InChI is InChI=1S/C17H19ClN2O2/c1-12-5-3-4-6-15(12)19-10-9-17(21)20-13-7-8-16(22-2)14(18)11-13/h3-8,11,19H,9-10H2,1-2H3,(H,20,21). The molecule has 0 bridgehead atoms. The van der Waals surface area contributed by atoms with Crippen LogP contribution in [0.1, 0.15) is 12.0 Å². The Balaban J connectivity index is 1.83. The third kappa shape index (κ3) is 4.40. The molecule has 2 aromatic carbocycles. The maximum Gasteiger partial charge on any atom is 0.226 e. The second kappa shape index (κ2) is 7.71. The fourth-order valence-corrected chi connectivity index (χ4v) is 2.31. The number of para-hydroxylation sites is 1. The zero-order valence-corrected chi connectivity index (χ0v) is 13.4. The van der Waals surface area contributed by atoms with E-state index in [1.807, 2.05) is 31.2 Å². The Morgan fingerprint density at radius 2 is 2.00 bits per heavy atom. The Kier molecular flexibility index (Phi) is 5.67. The van der Waals surface area contributed by atoms with Gasteiger partial charge >= 0.3 is 0 Å². The summed E-state index contributed by atoms with van der Waals surface area (Å²) in [6, 6.07) is 13.1. The first-order valence-electron chi connectivity index (χ1n) is 7.03. The Hall–Kier alpha value is -2.20. The van der Waals surface area contributed by atoms with E-state index >= 15 is 0 Å². The minimum absolute atomic E-state index is 0.0673. The molecule has 0 saturated carbocycles. The van der Waals surface area contributed by atoms with Gasteiger partial charge in [-0.3, -0.25) is 4.79 Å². The number of rotatable bonds is 6. The van der Waals surface area contributed by atoms with Crippen molar-refractivity contribution in [3.05, 3.63) is 53.1 Å². The van der Waals surface area contributed by atoms with E-state index < -0.39 is 0 Å². The molecule has 0 radical (unpaired) electrons. The number of methoxy groups -OCH3 is 1. The van der Waals surface area contributed by atoms with Crippen LogP contribution >= 0.6 is 11.6 Å². The topological polar surface area (TPSA) is 50.4 Å². The molecular formula is C17H19ClN2O2. The van der Waals surface area contributed by atoms with Crippen LogP contribution < -0.4 is 15.4 Å². The van der Waals surface area contributed by atoms with Crippen LogP contribution in [0, 0.1) is 6.92 Å². The van der Waals surface area contributed by atoms with Gasteiger partial charge in [0.2, 0.25) is 5.91 Å². The monoisotopic (exact) mass is 318 g/mol. The fourth-order valence-electron chi connectivity index (χ4n) is 2.05. The van der Waals surface area contributed by atoms with Gasteiger partial charge in [0.25, 0.3) is 0 Å². The number of anilines is 2. The van der Waals surface area contributed by atoms with Crippen molar-refractivity contribution in [1.29, 1.82) is 0 Å². The fraction of sp³-hybridized carbons (Fsp3) is 0.235. The molecule has 0 aliphatic carbocycles. The normalized spacial score (nSPS) is 10.1. The van der Waals surface area contributed by atoms with Crippen LogP contribution in [0.3, 0.4) is 0 Å². The van der Waals surface area contributed by atoms with Crippen LogP contribution in [0.2, 0.25) is 5.02 Å². The van der Waals surface area contributed by atoms with Crippen LogP contribution in [0.5, 0.6) is 5.75 Å². The van der Waals surface area contributed by atoms with Gasteiger partial charge in [-0.05, 0) is 36.8 Å². The van der Waals surface area contributed by atoms with Crippen molar-refractivity contribution in [2.75, 3.05) is 24.3 Å². The van der Waals surface area contributed by atoms with Gasteiger partial charge in [-0.25, -0.2) is 0 Å². The molecule has 2 aromatic rings. The van der Waals surface area contributed by atoms with Gasteiger partial charge in [0, 0.05) is 24.3 Å². The summed E-state index contributed by atoms with van der Waals surface area (Å²) < 4.78 is 5.08. The molecule has 1 amide bonds. The van der Waals surface area contributed by atoms with E-state index in [2.05, 4.69) is 10.6 Å². The third-order valence-corrected chi connectivity index (χ3v) is 3.54. The van der Waals surface area contributed by atoms with Crippen molar-refractivity contribution in [2.24, 2.45) is 0 Å². The molecule has 5 heteroatoms. The number of ether oxygens (including phenoxy) is 1. The van der Waals surface area contributed by atoms with E-state index in [9.17, 15) is 4.79 Å². The third-order valence-electron chi connectivity index (χ3n) is 3.25. The molecular weight excluding hydrogens is 300 g/mol. The lowest BCUT2D eigenvalue weighted by Gasteiger charge is -2.10. The molecule has 0 unspecified atom stereocenters. The highest BCUT2D eigenvalue weighted by atomic mass is 35.5. The lowest BCUT2D eigenvalue weighted by atomic mass is 10.2. The lowest BCUT2D eigenvalue weighted by molar-refractivity contribution is -0.115. The van der Waals surface area contributed by atoms with Gasteiger partial charge in [0.05, 0.1) is 12.1 Å². The smallest absolute Gasteiger partial charge is 0.226 e. The van der Waals surface area contributed by atoms with Crippen molar-refractivity contribution in [3.63, 3.8) is 0 Å². The molecule has 0 spiro atoms. The molecule has 22 heavy (non-hydrogen) atoms. The molecule has 4 nitrogen and oxygen atoms in total. The first kappa shape index (κ1) is 16.2. The van der Waals surface area contributed by atoms with Gasteiger partial charge in [-0.2, -0.15) is 0 Å². The van der Waals surface area contributed by atoms with Crippen molar-refractivity contribution in [1.82, 2.24) is 0 Å². The number of nitrogens with one attached hydrogen (secondary N) is 2. The lowest BCUT2D eigenvalue weighted by Crippen LogP contribution is -2.16. The second-order valence-corrected chi connectivity index (χ2v) is 5.30. The Bertz CT molecular complexity index is 659. The minimum atomic E-state index is -0.0673. The van der Waals surface area contributed by atoms with Crippen molar-refractivity contribution in [2.45, 2.75) is 13.3 Å². The van der Waals surface area contributed by atoms with E-state index in [1.165, 1.54) is 0 Å². The predicted molar refractivity (Wildman–Crippen MR) is 90.9 cm³/mol. The molecule has 2 rings (SSSR count). The summed E-state index contributed by atoms with van der Waals surface area (Å²) in [5.41, 5.74) is 2.86. The Morgan fingerprint density at radius 3 is 2.68 bits per heavy atom. The van der Waals surface area contributed by atoms with E-state index in [0.717, 1.165) is 11.3 Å². The number of amides is 1. The second-order valence-electron chi connectivity index (χ2n) is 4.89. The van der Waals surface area contributed by atoms with Crippen LogP contribution in [-0.4, -0.2) is 19.6 Å². The van der Waals surface area contributed by atoms with E-state index in [4.69, 9.17) is 16.3 Å². The van der Waals surface area contributed by atoms with Gasteiger partial charge in [0.15, 0.2) is 0 Å². The number of carbonyl (C=O) groups is 1. The quantitative estimate of drug-likeness (QED) is 0.843. The Labute approximate surface area is 135 Å². The van der Waals surface area contributed by atoms with Crippen LogP contribution in [-0.2, 0) is 4.79 Å². The van der Waals surface area contributed by atoms with E-state index in [-0.39, 0.29) is 5.91 Å². The summed E-state index contributed by atoms with van der Waals surface area (Å²) in [6.07, 6.45) is 0.373. The first-order chi connectivity index (χ1) is 10.6. The molecule has 0 aliphatic heterocycles. The average molecular weight is 319 g/mol. The van der Waals surface area contributed by atoms with E-state index in [0.29, 0.717) is 29.4 Å².